The lowest BCUT2D eigenvalue weighted by Crippen LogP contribution is -2.59. The summed E-state index contributed by atoms with van der Waals surface area (Å²) < 4.78 is 6.40. The Kier molecular flexibility index (Phi) is 5.70. The van der Waals surface area contributed by atoms with Crippen LogP contribution in [0.25, 0.3) is 0 Å². The minimum atomic E-state index is -0.0588. The molecule has 1 aromatic heterocycles. The summed E-state index contributed by atoms with van der Waals surface area (Å²) in [5.74, 6) is 0.493. The Morgan fingerprint density at radius 2 is 2.13 bits per heavy atom. The number of amides is 3. The Balaban J connectivity index is 1.52. The molecule has 0 saturated carbocycles. The first-order valence-corrected chi connectivity index (χ1v) is 11.1. The van der Waals surface area contributed by atoms with Gasteiger partial charge in [0.2, 0.25) is 12.8 Å². The average Bonchev–Trinajstić information content (AvgIpc) is 3.35. The second-order valence-electron chi connectivity index (χ2n) is 7.65. The van der Waals surface area contributed by atoms with Gasteiger partial charge >= 0.3 is 0 Å². The van der Waals surface area contributed by atoms with Gasteiger partial charge in [-0.1, -0.05) is 23.1 Å². The molecule has 30 heavy (non-hydrogen) atoms. The molecule has 2 aliphatic rings. The van der Waals surface area contributed by atoms with E-state index in [1.54, 1.807) is 18.2 Å². The molecule has 0 atom stereocenters. The van der Waals surface area contributed by atoms with Crippen LogP contribution in [0.4, 0.5) is 5.13 Å². The molecule has 3 heterocycles. The third-order valence-electron chi connectivity index (χ3n) is 5.56. The monoisotopic (exact) mass is 446 g/mol. The standard InChI is InChI=1S/C20H22N4O4S2/c1-13-5-15(28-2)14(6-16(13)29-17-7-21-19(30-17)22-11-25)18(27)24-9-20(10-24)3-4-23(8-20)12-26/h5-7,11-12H,3-4,8-10H2,1-2H3,(H,21,22,25). The molecule has 0 aliphatic carbocycles. The first-order chi connectivity index (χ1) is 14.5. The van der Waals surface area contributed by atoms with E-state index in [4.69, 9.17) is 4.74 Å². The van der Waals surface area contributed by atoms with Crippen molar-refractivity contribution in [1.82, 2.24) is 14.8 Å². The number of aryl methyl sites for hydroxylation is 1. The van der Waals surface area contributed by atoms with Crippen LogP contribution in [0, 0.1) is 12.3 Å². The zero-order valence-electron chi connectivity index (χ0n) is 16.7. The van der Waals surface area contributed by atoms with Crippen molar-refractivity contribution in [2.24, 2.45) is 5.41 Å². The van der Waals surface area contributed by atoms with Crippen molar-refractivity contribution in [2.45, 2.75) is 22.4 Å². The summed E-state index contributed by atoms with van der Waals surface area (Å²) in [7, 11) is 1.56. The predicted octanol–water partition coefficient (Wildman–Crippen LogP) is 2.48. The van der Waals surface area contributed by atoms with E-state index >= 15 is 0 Å². The first-order valence-electron chi connectivity index (χ1n) is 9.48. The maximum absolute atomic E-state index is 13.2. The molecule has 2 aromatic rings. The number of thiazole rings is 1. The number of nitrogens with one attached hydrogen (secondary N) is 1. The molecule has 10 heteroatoms. The molecule has 8 nitrogen and oxygen atoms in total. The number of methoxy groups -OCH3 is 1. The quantitative estimate of drug-likeness (QED) is 0.657. The van der Waals surface area contributed by atoms with Crippen LogP contribution in [0.1, 0.15) is 22.3 Å². The van der Waals surface area contributed by atoms with Gasteiger partial charge < -0.3 is 19.9 Å². The average molecular weight is 447 g/mol. The molecule has 4 rings (SSSR count). The Labute approximate surface area is 182 Å². The minimum Gasteiger partial charge on any atom is -0.496 e. The van der Waals surface area contributed by atoms with Crippen LogP contribution in [0.15, 0.2) is 27.4 Å². The Bertz CT molecular complexity index is 987. The molecule has 0 radical (unpaired) electrons. The van der Waals surface area contributed by atoms with Crippen LogP contribution in [-0.2, 0) is 9.59 Å². The van der Waals surface area contributed by atoms with Gasteiger partial charge in [0.1, 0.15) is 5.75 Å². The molecule has 1 N–H and O–H groups in total. The summed E-state index contributed by atoms with van der Waals surface area (Å²) >= 11 is 2.87. The highest BCUT2D eigenvalue weighted by Crippen LogP contribution is 2.42. The van der Waals surface area contributed by atoms with Crippen LogP contribution >= 0.6 is 23.1 Å². The fourth-order valence-corrected chi connectivity index (χ4v) is 5.93. The maximum atomic E-state index is 13.2. The van der Waals surface area contributed by atoms with Gasteiger partial charge in [-0.15, -0.1) is 0 Å². The highest BCUT2D eigenvalue weighted by Gasteiger charge is 2.49. The summed E-state index contributed by atoms with van der Waals surface area (Å²) in [5, 5.41) is 3.07. The second kappa shape index (κ2) is 8.27. The predicted molar refractivity (Wildman–Crippen MR) is 114 cm³/mol. The van der Waals surface area contributed by atoms with E-state index in [0.717, 1.165) is 40.6 Å². The molecular weight excluding hydrogens is 424 g/mol. The number of anilines is 1. The smallest absolute Gasteiger partial charge is 0.257 e. The van der Waals surface area contributed by atoms with E-state index in [2.05, 4.69) is 10.3 Å². The number of likely N-dealkylation sites (tertiary alicyclic amines) is 2. The van der Waals surface area contributed by atoms with Crippen LogP contribution in [0.2, 0.25) is 0 Å². The van der Waals surface area contributed by atoms with Crippen molar-refractivity contribution in [3.8, 4) is 5.75 Å². The summed E-state index contributed by atoms with van der Waals surface area (Å²) in [6, 6.07) is 3.74. The molecule has 0 unspecified atom stereocenters. The number of benzene rings is 1. The summed E-state index contributed by atoms with van der Waals surface area (Å²) in [5.41, 5.74) is 1.56. The van der Waals surface area contributed by atoms with Gasteiger partial charge in [0.15, 0.2) is 5.13 Å². The highest BCUT2D eigenvalue weighted by molar-refractivity contribution is 8.01. The van der Waals surface area contributed by atoms with Gasteiger partial charge in [0, 0.05) is 36.5 Å². The zero-order chi connectivity index (χ0) is 21.3. The van der Waals surface area contributed by atoms with Crippen LogP contribution < -0.4 is 10.1 Å². The number of carbonyl (C=O) groups excluding carboxylic acids is 3. The fraction of sp³-hybridized carbons (Fsp3) is 0.400. The van der Waals surface area contributed by atoms with Crippen LogP contribution in [0.5, 0.6) is 5.75 Å². The lowest BCUT2D eigenvalue weighted by Gasteiger charge is -2.48. The van der Waals surface area contributed by atoms with E-state index in [1.165, 1.54) is 23.1 Å². The van der Waals surface area contributed by atoms with Crippen molar-refractivity contribution in [1.29, 1.82) is 0 Å². The van der Waals surface area contributed by atoms with E-state index < -0.39 is 0 Å². The molecule has 0 bridgehead atoms. The molecule has 1 spiro atoms. The number of hydrogen-bond donors (Lipinski definition) is 1. The van der Waals surface area contributed by atoms with Gasteiger partial charge in [-0.05, 0) is 31.0 Å². The van der Waals surface area contributed by atoms with Gasteiger partial charge in [-0.25, -0.2) is 4.98 Å². The number of ether oxygens (including phenoxy) is 1. The number of carbonyl (C=O) groups is 3. The molecule has 2 saturated heterocycles. The molecule has 158 valence electrons. The maximum Gasteiger partial charge on any atom is 0.257 e. The number of rotatable bonds is 7. The summed E-state index contributed by atoms with van der Waals surface area (Å²) in [4.78, 5) is 43.5. The van der Waals surface area contributed by atoms with Crippen molar-refractivity contribution in [3.05, 3.63) is 29.5 Å². The summed E-state index contributed by atoms with van der Waals surface area (Å²) in [6.45, 7) is 4.76. The van der Waals surface area contributed by atoms with E-state index in [-0.39, 0.29) is 11.3 Å². The molecular formula is C20H22N4O4S2. The van der Waals surface area contributed by atoms with E-state index in [9.17, 15) is 14.4 Å². The van der Waals surface area contributed by atoms with Crippen LogP contribution in [0.3, 0.4) is 0 Å². The largest absolute Gasteiger partial charge is 0.496 e. The SMILES string of the molecule is COc1cc(C)c(Sc2cnc(NC=O)s2)cc1C(=O)N1CC2(CCN(C=O)C2)C1. The second-order valence-corrected chi connectivity index (χ2v) is 10.0. The summed E-state index contributed by atoms with van der Waals surface area (Å²) in [6.07, 6.45) is 4.12. The Hall–Kier alpha value is -2.59. The van der Waals surface area contributed by atoms with Gasteiger partial charge in [-0.2, -0.15) is 0 Å². The fourth-order valence-electron chi connectivity index (χ4n) is 4.03. The number of nitrogens with zero attached hydrogens (tertiary/aromatic N) is 3. The topological polar surface area (TPSA) is 91.8 Å². The van der Waals surface area contributed by atoms with Crippen LogP contribution in [-0.4, -0.2) is 66.8 Å². The lowest BCUT2D eigenvalue weighted by molar-refractivity contribution is -0.118. The molecule has 1 aromatic carbocycles. The zero-order valence-corrected chi connectivity index (χ0v) is 18.3. The van der Waals surface area contributed by atoms with E-state index in [1.807, 2.05) is 24.0 Å². The lowest BCUT2D eigenvalue weighted by atomic mass is 9.78. The molecule has 3 amide bonds. The minimum absolute atomic E-state index is 0.0384. The Morgan fingerprint density at radius 1 is 1.33 bits per heavy atom. The Morgan fingerprint density at radius 3 is 2.80 bits per heavy atom. The van der Waals surface area contributed by atoms with Crippen molar-refractivity contribution in [2.75, 3.05) is 38.6 Å². The van der Waals surface area contributed by atoms with Crippen molar-refractivity contribution >= 4 is 47.0 Å². The first kappa shape index (κ1) is 20.7. The molecule has 2 aliphatic heterocycles. The number of hydrogen-bond acceptors (Lipinski definition) is 7. The normalized spacial score (nSPS) is 17.0. The van der Waals surface area contributed by atoms with Gasteiger partial charge in [0.25, 0.3) is 5.91 Å². The third-order valence-corrected chi connectivity index (χ3v) is 7.75. The van der Waals surface area contributed by atoms with Gasteiger partial charge in [0.05, 0.1) is 23.1 Å². The van der Waals surface area contributed by atoms with E-state index in [0.29, 0.717) is 35.9 Å². The van der Waals surface area contributed by atoms with Crippen molar-refractivity contribution < 1.29 is 19.1 Å². The highest BCUT2D eigenvalue weighted by atomic mass is 32.2. The molecule has 2 fully saturated rings. The third kappa shape index (κ3) is 3.89. The van der Waals surface area contributed by atoms with Crippen molar-refractivity contribution in [3.63, 3.8) is 0 Å². The number of aromatic nitrogens is 1. The van der Waals surface area contributed by atoms with Gasteiger partial charge in [-0.3, -0.25) is 14.4 Å².